The molecule has 96 valence electrons. The SMILES string of the molecule is COc1cccc(C(C)NCCCCSC)c1. The summed E-state index contributed by atoms with van der Waals surface area (Å²) in [5, 5.41) is 3.54. The number of unbranched alkanes of at least 4 members (excludes halogenated alkanes) is 1. The molecule has 0 amide bonds. The number of hydrogen-bond donors (Lipinski definition) is 1. The van der Waals surface area contributed by atoms with E-state index in [1.54, 1.807) is 7.11 Å². The smallest absolute Gasteiger partial charge is 0.119 e. The van der Waals surface area contributed by atoms with Gasteiger partial charge in [-0.05, 0) is 56.0 Å². The maximum atomic E-state index is 5.23. The van der Waals surface area contributed by atoms with E-state index in [-0.39, 0.29) is 0 Å². The van der Waals surface area contributed by atoms with Crippen LogP contribution in [0.5, 0.6) is 5.75 Å². The number of methoxy groups -OCH3 is 1. The molecule has 0 aliphatic heterocycles. The summed E-state index contributed by atoms with van der Waals surface area (Å²) in [7, 11) is 1.71. The third kappa shape index (κ3) is 5.46. The van der Waals surface area contributed by atoms with Crippen LogP contribution in [0.15, 0.2) is 24.3 Å². The van der Waals surface area contributed by atoms with Crippen LogP contribution in [0.25, 0.3) is 0 Å². The van der Waals surface area contributed by atoms with Crippen LogP contribution < -0.4 is 10.1 Å². The molecule has 1 unspecified atom stereocenters. The lowest BCUT2D eigenvalue weighted by atomic mass is 10.1. The van der Waals surface area contributed by atoms with Crippen LogP contribution in [-0.2, 0) is 0 Å². The Morgan fingerprint density at radius 3 is 2.88 bits per heavy atom. The molecule has 0 saturated heterocycles. The van der Waals surface area contributed by atoms with E-state index in [1.165, 1.54) is 24.2 Å². The van der Waals surface area contributed by atoms with E-state index in [0.29, 0.717) is 6.04 Å². The van der Waals surface area contributed by atoms with Crippen molar-refractivity contribution in [3.63, 3.8) is 0 Å². The van der Waals surface area contributed by atoms with E-state index in [4.69, 9.17) is 4.74 Å². The summed E-state index contributed by atoms with van der Waals surface area (Å²) < 4.78 is 5.23. The quantitative estimate of drug-likeness (QED) is 0.717. The first-order valence-corrected chi connectivity index (χ1v) is 7.53. The van der Waals surface area contributed by atoms with Crippen LogP contribution in [-0.4, -0.2) is 25.7 Å². The molecule has 1 rings (SSSR count). The fourth-order valence-electron chi connectivity index (χ4n) is 1.72. The highest BCUT2D eigenvalue weighted by Crippen LogP contribution is 2.18. The number of nitrogens with one attached hydrogen (secondary N) is 1. The summed E-state index contributed by atoms with van der Waals surface area (Å²) in [6.07, 6.45) is 4.69. The van der Waals surface area contributed by atoms with Gasteiger partial charge in [0.2, 0.25) is 0 Å². The average Bonchev–Trinajstić information content (AvgIpc) is 2.38. The van der Waals surface area contributed by atoms with Gasteiger partial charge in [-0.15, -0.1) is 0 Å². The Labute approximate surface area is 109 Å². The van der Waals surface area contributed by atoms with Crippen LogP contribution in [0.4, 0.5) is 0 Å². The van der Waals surface area contributed by atoms with Crippen LogP contribution >= 0.6 is 11.8 Å². The van der Waals surface area contributed by atoms with E-state index in [1.807, 2.05) is 23.9 Å². The van der Waals surface area contributed by atoms with Crippen molar-refractivity contribution < 1.29 is 4.74 Å². The first-order valence-electron chi connectivity index (χ1n) is 6.14. The van der Waals surface area contributed by atoms with Crippen molar-refractivity contribution >= 4 is 11.8 Å². The Bertz CT molecular complexity index is 317. The summed E-state index contributed by atoms with van der Waals surface area (Å²) in [6, 6.07) is 8.65. The van der Waals surface area contributed by atoms with Crippen molar-refractivity contribution in [2.45, 2.75) is 25.8 Å². The fraction of sp³-hybridized carbons (Fsp3) is 0.571. The van der Waals surface area contributed by atoms with Gasteiger partial charge in [0.25, 0.3) is 0 Å². The second-order valence-corrected chi connectivity index (χ2v) is 5.14. The molecule has 0 radical (unpaired) electrons. The average molecular weight is 253 g/mol. The van der Waals surface area contributed by atoms with Gasteiger partial charge in [-0.3, -0.25) is 0 Å². The molecule has 0 aliphatic rings. The van der Waals surface area contributed by atoms with Crippen molar-refractivity contribution in [1.82, 2.24) is 5.32 Å². The van der Waals surface area contributed by atoms with Crippen LogP contribution in [0.1, 0.15) is 31.4 Å². The standard InChI is InChI=1S/C14H23NOS/c1-12(15-9-4-5-10-17-3)13-7-6-8-14(11-13)16-2/h6-8,11-12,15H,4-5,9-10H2,1-3H3. The van der Waals surface area contributed by atoms with Crippen molar-refractivity contribution in [1.29, 1.82) is 0 Å². The Morgan fingerprint density at radius 1 is 1.35 bits per heavy atom. The molecular weight excluding hydrogens is 230 g/mol. The van der Waals surface area contributed by atoms with E-state index in [2.05, 4.69) is 30.6 Å². The van der Waals surface area contributed by atoms with Gasteiger partial charge in [0.05, 0.1) is 7.11 Å². The van der Waals surface area contributed by atoms with Crippen molar-refractivity contribution in [2.24, 2.45) is 0 Å². The summed E-state index contributed by atoms with van der Waals surface area (Å²) in [5.41, 5.74) is 1.29. The molecule has 0 fully saturated rings. The van der Waals surface area contributed by atoms with Crippen molar-refractivity contribution in [3.05, 3.63) is 29.8 Å². The van der Waals surface area contributed by atoms with Gasteiger partial charge in [0.1, 0.15) is 5.75 Å². The number of thioether (sulfide) groups is 1. The van der Waals surface area contributed by atoms with E-state index < -0.39 is 0 Å². The topological polar surface area (TPSA) is 21.3 Å². The van der Waals surface area contributed by atoms with Gasteiger partial charge in [-0.2, -0.15) is 11.8 Å². The lowest BCUT2D eigenvalue weighted by Gasteiger charge is -2.15. The number of ether oxygens (including phenoxy) is 1. The molecule has 1 aromatic carbocycles. The monoisotopic (exact) mass is 253 g/mol. The van der Waals surface area contributed by atoms with Crippen LogP contribution in [0, 0.1) is 0 Å². The predicted molar refractivity (Wildman–Crippen MR) is 77.0 cm³/mol. The van der Waals surface area contributed by atoms with Gasteiger partial charge in [-0.1, -0.05) is 12.1 Å². The highest BCUT2D eigenvalue weighted by Gasteiger charge is 2.04. The minimum absolute atomic E-state index is 0.388. The Hall–Kier alpha value is -0.670. The molecule has 1 atom stereocenters. The maximum absolute atomic E-state index is 5.23. The third-order valence-corrected chi connectivity index (χ3v) is 3.52. The Morgan fingerprint density at radius 2 is 2.18 bits per heavy atom. The molecule has 3 heteroatoms. The lowest BCUT2D eigenvalue weighted by Crippen LogP contribution is -2.19. The second-order valence-electron chi connectivity index (χ2n) is 4.15. The molecule has 0 aromatic heterocycles. The van der Waals surface area contributed by atoms with Gasteiger partial charge < -0.3 is 10.1 Å². The highest BCUT2D eigenvalue weighted by molar-refractivity contribution is 7.98. The summed E-state index contributed by atoms with van der Waals surface area (Å²) in [6.45, 7) is 3.28. The normalized spacial score (nSPS) is 12.4. The molecule has 0 bridgehead atoms. The van der Waals surface area contributed by atoms with E-state index in [9.17, 15) is 0 Å². The molecule has 0 spiro atoms. The summed E-state index contributed by atoms with van der Waals surface area (Å²) >= 11 is 1.92. The summed E-state index contributed by atoms with van der Waals surface area (Å²) in [5.74, 6) is 2.19. The highest BCUT2D eigenvalue weighted by atomic mass is 32.2. The predicted octanol–water partition coefficient (Wildman–Crippen LogP) is 3.49. The first-order chi connectivity index (χ1) is 8.27. The zero-order valence-electron chi connectivity index (χ0n) is 11.0. The molecule has 2 nitrogen and oxygen atoms in total. The van der Waals surface area contributed by atoms with Crippen molar-refractivity contribution in [3.8, 4) is 5.75 Å². The molecular formula is C14H23NOS. The molecule has 0 aliphatic carbocycles. The van der Waals surface area contributed by atoms with Gasteiger partial charge in [0.15, 0.2) is 0 Å². The Balaban J connectivity index is 2.33. The first kappa shape index (κ1) is 14.4. The number of rotatable bonds is 8. The largest absolute Gasteiger partial charge is 0.497 e. The number of benzene rings is 1. The minimum Gasteiger partial charge on any atom is -0.497 e. The van der Waals surface area contributed by atoms with Crippen LogP contribution in [0.2, 0.25) is 0 Å². The van der Waals surface area contributed by atoms with Gasteiger partial charge >= 0.3 is 0 Å². The van der Waals surface area contributed by atoms with Gasteiger partial charge in [-0.25, -0.2) is 0 Å². The Kier molecular flexibility index (Phi) is 7.13. The summed E-state index contributed by atoms with van der Waals surface area (Å²) in [4.78, 5) is 0. The molecule has 1 N–H and O–H groups in total. The molecule has 17 heavy (non-hydrogen) atoms. The molecule has 1 aromatic rings. The third-order valence-electron chi connectivity index (χ3n) is 2.82. The number of hydrogen-bond acceptors (Lipinski definition) is 3. The fourth-order valence-corrected chi connectivity index (χ4v) is 2.21. The molecule has 0 saturated carbocycles. The van der Waals surface area contributed by atoms with Crippen molar-refractivity contribution in [2.75, 3.05) is 25.7 Å². The maximum Gasteiger partial charge on any atom is 0.119 e. The zero-order valence-corrected chi connectivity index (χ0v) is 11.8. The van der Waals surface area contributed by atoms with E-state index >= 15 is 0 Å². The van der Waals surface area contributed by atoms with E-state index in [0.717, 1.165) is 12.3 Å². The van der Waals surface area contributed by atoms with Crippen LogP contribution in [0.3, 0.4) is 0 Å². The zero-order chi connectivity index (χ0) is 12.5. The lowest BCUT2D eigenvalue weighted by molar-refractivity contribution is 0.413. The van der Waals surface area contributed by atoms with Gasteiger partial charge in [0, 0.05) is 6.04 Å². The minimum atomic E-state index is 0.388. The molecule has 0 heterocycles. The second kappa shape index (κ2) is 8.43.